The van der Waals surface area contributed by atoms with Crippen LogP contribution in [0.15, 0.2) is 5.51 Å². The molecule has 2 aromatic rings. The van der Waals surface area contributed by atoms with E-state index in [4.69, 9.17) is 17.0 Å². The number of methoxy groups -OCH3 is 1. The molecule has 0 unspecified atom stereocenters. The molecule has 0 aliphatic heterocycles. The van der Waals surface area contributed by atoms with E-state index in [1.54, 1.807) is 12.6 Å². The molecule has 0 saturated heterocycles. The van der Waals surface area contributed by atoms with Crippen LogP contribution in [0.25, 0.3) is 10.7 Å². The molecule has 0 atom stereocenters. The summed E-state index contributed by atoms with van der Waals surface area (Å²) < 4.78 is 5.46. The Hall–Kier alpha value is -1.05. The van der Waals surface area contributed by atoms with Crippen molar-refractivity contribution in [2.24, 2.45) is 0 Å². The van der Waals surface area contributed by atoms with Crippen LogP contribution in [0.3, 0.4) is 0 Å². The average Bonchev–Trinajstić information content (AvgIpc) is 2.74. The minimum Gasteiger partial charge on any atom is -0.378 e. The minimum absolute atomic E-state index is 0.441. The lowest BCUT2D eigenvalue weighted by Crippen LogP contribution is -1.90. The molecule has 2 heterocycles. The maximum Gasteiger partial charge on any atom is 0.213 e. The molecule has 74 valence electrons. The van der Waals surface area contributed by atoms with E-state index in [9.17, 15) is 0 Å². The van der Waals surface area contributed by atoms with Crippen molar-refractivity contribution in [1.82, 2.24) is 20.2 Å². The van der Waals surface area contributed by atoms with E-state index in [0.29, 0.717) is 17.2 Å². The van der Waals surface area contributed by atoms with Crippen molar-refractivity contribution < 1.29 is 4.74 Å². The molecule has 14 heavy (non-hydrogen) atoms. The fourth-order valence-electron chi connectivity index (χ4n) is 1.08. The Kier molecular flexibility index (Phi) is 2.71. The number of H-pyrrole nitrogens is 2. The molecule has 0 amide bonds. The molecule has 0 saturated carbocycles. The van der Waals surface area contributed by atoms with Crippen LogP contribution in [0.4, 0.5) is 0 Å². The molecule has 0 aromatic carbocycles. The number of thiazole rings is 1. The Labute approximate surface area is 89.2 Å². The molecule has 0 radical (unpaired) electrons. The number of nitrogens with zero attached hydrogens (tertiary/aromatic N) is 2. The summed E-state index contributed by atoms with van der Waals surface area (Å²) in [6, 6.07) is 0. The summed E-state index contributed by atoms with van der Waals surface area (Å²) >= 11 is 6.37. The van der Waals surface area contributed by atoms with Crippen LogP contribution < -0.4 is 0 Å². The van der Waals surface area contributed by atoms with E-state index in [-0.39, 0.29) is 0 Å². The highest BCUT2D eigenvalue weighted by Crippen LogP contribution is 2.24. The number of ether oxygens (including phenoxy) is 1. The molecule has 2 rings (SSSR count). The average molecular weight is 228 g/mol. The SMILES string of the molecule is COCc1ncsc1-c1nc(=S)[nH][nH]1. The van der Waals surface area contributed by atoms with E-state index in [1.807, 2.05) is 0 Å². The summed E-state index contributed by atoms with van der Waals surface area (Å²) in [7, 11) is 1.63. The van der Waals surface area contributed by atoms with Crippen molar-refractivity contribution in [2.45, 2.75) is 6.61 Å². The predicted molar refractivity (Wildman–Crippen MR) is 55.6 cm³/mol. The van der Waals surface area contributed by atoms with Crippen LogP contribution in [0.2, 0.25) is 0 Å². The van der Waals surface area contributed by atoms with Gasteiger partial charge in [0.2, 0.25) is 4.77 Å². The van der Waals surface area contributed by atoms with Crippen LogP contribution in [0.1, 0.15) is 5.69 Å². The lowest BCUT2D eigenvalue weighted by atomic mass is 10.3. The van der Waals surface area contributed by atoms with E-state index >= 15 is 0 Å². The van der Waals surface area contributed by atoms with E-state index in [1.165, 1.54) is 11.3 Å². The first-order valence-electron chi connectivity index (χ1n) is 3.87. The first kappa shape index (κ1) is 9.50. The largest absolute Gasteiger partial charge is 0.378 e. The van der Waals surface area contributed by atoms with Gasteiger partial charge in [-0.05, 0) is 12.2 Å². The molecule has 2 N–H and O–H groups in total. The van der Waals surface area contributed by atoms with Crippen LogP contribution in [-0.4, -0.2) is 27.3 Å². The van der Waals surface area contributed by atoms with Gasteiger partial charge in [-0.25, -0.2) is 4.98 Å². The zero-order valence-electron chi connectivity index (χ0n) is 7.40. The Morgan fingerprint density at radius 3 is 3.07 bits per heavy atom. The molecular formula is C7H8N4OS2. The Morgan fingerprint density at radius 1 is 1.57 bits per heavy atom. The summed E-state index contributed by atoms with van der Waals surface area (Å²) in [4.78, 5) is 9.25. The minimum atomic E-state index is 0.441. The lowest BCUT2D eigenvalue weighted by molar-refractivity contribution is 0.182. The van der Waals surface area contributed by atoms with Gasteiger partial charge < -0.3 is 4.74 Å². The van der Waals surface area contributed by atoms with Crippen molar-refractivity contribution in [3.05, 3.63) is 16.0 Å². The first-order chi connectivity index (χ1) is 6.81. The molecule has 5 nitrogen and oxygen atoms in total. The molecule has 0 aliphatic carbocycles. The Bertz CT molecular complexity index is 472. The predicted octanol–water partition coefficient (Wildman–Crippen LogP) is 1.74. The second-order valence-corrected chi connectivity index (χ2v) is 3.82. The molecule has 7 heteroatoms. The van der Waals surface area contributed by atoms with Crippen molar-refractivity contribution in [1.29, 1.82) is 0 Å². The maximum atomic E-state index is 5.02. The highest BCUT2D eigenvalue weighted by Gasteiger charge is 2.10. The van der Waals surface area contributed by atoms with Crippen molar-refractivity contribution in [2.75, 3.05) is 7.11 Å². The van der Waals surface area contributed by atoms with Gasteiger partial charge >= 0.3 is 0 Å². The first-order valence-corrected chi connectivity index (χ1v) is 5.16. The van der Waals surface area contributed by atoms with Gasteiger partial charge in [-0.2, -0.15) is 4.98 Å². The molecular weight excluding hydrogens is 220 g/mol. The van der Waals surface area contributed by atoms with Crippen LogP contribution in [0.5, 0.6) is 0 Å². The van der Waals surface area contributed by atoms with Gasteiger partial charge in [-0.15, -0.1) is 11.3 Å². The molecule has 0 aliphatic rings. The van der Waals surface area contributed by atoms with E-state index < -0.39 is 0 Å². The third kappa shape index (κ3) is 1.74. The van der Waals surface area contributed by atoms with Gasteiger partial charge in [0, 0.05) is 7.11 Å². The monoisotopic (exact) mass is 228 g/mol. The lowest BCUT2D eigenvalue weighted by Gasteiger charge is -1.96. The zero-order chi connectivity index (χ0) is 9.97. The third-order valence-corrected chi connectivity index (χ3v) is 2.71. The topological polar surface area (TPSA) is 66.6 Å². The number of nitrogens with one attached hydrogen (secondary N) is 2. The van der Waals surface area contributed by atoms with Crippen LogP contribution in [0, 0.1) is 4.77 Å². The second-order valence-electron chi connectivity index (χ2n) is 2.58. The van der Waals surface area contributed by atoms with E-state index in [2.05, 4.69) is 20.2 Å². The Balaban J connectivity index is 2.40. The zero-order valence-corrected chi connectivity index (χ0v) is 9.04. The van der Waals surface area contributed by atoms with Crippen LogP contribution in [-0.2, 0) is 11.3 Å². The summed E-state index contributed by atoms with van der Waals surface area (Å²) in [6.45, 7) is 0.478. The third-order valence-electron chi connectivity index (χ3n) is 1.64. The molecule has 0 fully saturated rings. The summed E-state index contributed by atoms with van der Waals surface area (Å²) in [5.74, 6) is 0.713. The van der Waals surface area contributed by atoms with Gasteiger partial charge in [0.1, 0.15) is 0 Å². The fraction of sp³-hybridized carbons (Fsp3) is 0.286. The van der Waals surface area contributed by atoms with Crippen LogP contribution >= 0.6 is 23.6 Å². The second kappa shape index (κ2) is 3.99. The van der Waals surface area contributed by atoms with Gasteiger partial charge in [0.25, 0.3) is 0 Å². The summed E-state index contributed by atoms with van der Waals surface area (Å²) in [5, 5.41) is 5.62. The van der Waals surface area contributed by atoms with Gasteiger partial charge in [-0.3, -0.25) is 10.2 Å². The molecule has 2 aromatic heterocycles. The maximum absolute atomic E-state index is 5.02. The molecule has 0 spiro atoms. The van der Waals surface area contributed by atoms with Crippen molar-refractivity contribution >= 4 is 23.6 Å². The quantitative estimate of drug-likeness (QED) is 0.785. The number of hydrogen-bond acceptors (Lipinski definition) is 5. The number of rotatable bonds is 3. The number of aromatic amines is 2. The normalized spacial score (nSPS) is 10.6. The molecule has 0 bridgehead atoms. The fourth-order valence-corrected chi connectivity index (χ4v) is 1.96. The standard InChI is InChI=1S/C7H8N4OS2/c1-12-2-4-5(14-3-8-4)6-9-7(13)11-10-6/h3H,2H2,1H3,(H2,9,10,11,13). The van der Waals surface area contributed by atoms with Crippen molar-refractivity contribution in [3.8, 4) is 10.7 Å². The van der Waals surface area contributed by atoms with Gasteiger partial charge in [-0.1, -0.05) is 0 Å². The van der Waals surface area contributed by atoms with E-state index in [0.717, 1.165) is 10.6 Å². The summed E-state index contributed by atoms with van der Waals surface area (Å²) in [5.41, 5.74) is 2.63. The highest BCUT2D eigenvalue weighted by atomic mass is 32.1. The number of aromatic nitrogens is 4. The smallest absolute Gasteiger partial charge is 0.213 e. The summed E-state index contributed by atoms with van der Waals surface area (Å²) in [6.07, 6.45) is 0. The highest BCUT2D eigenvalue weighted by molar-refractivity contribution is 7.71. The number of hydrogen-bond donors (Lipinski definition) is 2. The van der Waals surface area contributed by atoms with Gasteiger partial charge in [0.15, 0.2) is 5.82 Å². The van der Waals surface area contributed by atoms with Gasteiger partial charge in [0.05, 0.1) is 22.7 Å². The Morgan fingerprint density at radius 2 is 2.43 bits per heavy atom. The van der Waals surface area contributed by atoms with Crippen molar-refractivity contribution in [3.63, 3.8) is 0 Å².